The first-order valence-electron chi connectivity index (χ1n) is 6.05. The minimum atomic E-state index is -0.641. The van der Waals surface area contributed by atoms with Gasteiger partial charge < -0.3 is 15.8 Å². The number of ether oxygens (including phenoxy) is 1. The standard InChI is InChI=1S/C13H17FN2O2/c1-8(13(17)16-11-2-3-11)18-12-5-9(7-15)4-10(14)6-12/h4-6,8,11H,2-3,7,15H2,1H3,(H,16,17). The van der Waals surface area contributed by atoms with Gasteiger partial charge in [0.15, 0.2) is 6.10 Å². The Hall–Kier alpha value is -1.62. The molecular weight excluding hydrogens is 235 g/mol. The minimum Gasteiger partial charge on any atom is -0.481 e. The van der Waals surface area contributed by atoms with Crippen LogP contribution in [0, 0.1) is 5.82 Å². The Morgan fingerprint density at radius 2 is 2.28 bits per heavy atom. The Morgan fingerprint density at radius 3 is 2.89 bits per heavy atom. The van der Waals surface area contributed by atoms with Crippen molar-refractivity contribution in [1.82, 2.24) is 5.32 Å². The Balaban J connectivity index is 1.98. The molecule has 0 radical (unpaired) electrons. The lowest BCUT2D eigenvalue weighted by Crippen LogP contribution is -2.37. The Kier molecular flexibility index (Phi) is 3.81. The van der Waals surface area contributed by atoms with Crippen molar-refractivity contribution in [3.8, 4) is 5.75 Å². The first kappa shape index (κ1) is 12.8. The summed E-state index contributed by atoms with van der Waals surface area (Å²) in [5.74, 6) is -0.257. The highest BCUT2D eigenvalue weighted by molar-refractivity contribution is 5.81. The maximum Gasteiger partial charge on any atom is 0.260 e. The summed E-state index contributed by atoms with van der Waals surface area (Å²) in [5.41, 5.74) is 6.09. The lowest BCUT2D eigenvalue weighted by atomic mass is 10.2. The molecule has 0 saturated heterocycles. The van der Waals surface area contributed by atoms with Gasteiger partial charge in [-0.1, -0.05) is 0 Å². The molecule has 0 spiro atoms. The summed E-state index contributed by atoms with van der Waals surface area (Å²) in [6.45, 7) is 1.88. The Bertz CT molecular complexity index is 447. The highest BCUT2D eigenvalue weighted by atomic mass is 19.1. The molecule has 3 N–H and O–H groups in total. The molecule has 98 valence electrons. The van der Waals surface area contributed by atoms with Gasteiger partial charge in [-0.3, -0.25) is 4.79 Å². The molecule has 1 unspecified atom stereocenters. The fourth-order valence-electron chi connectivity index (χ4n) is 1.61. The average Bonchev–Trinajstić information content (AvgIpc) is 3.11. The van der Waals surface area contributed by atoms with E-state index >= 15 is 0 Å². The third-order valence-corrected chi connectivity index (χ3v) is 2.77. The van der Waals surface area contributed by atoms with E-state index in [1.165, 1.54) is 12.1 Å². The SMILES string of the molecule is CC(Oc1cc(F)cc(CN)c1)C(=O)NC1CC1. The van der Waals surface area contributed by atoms with Crippen LogP contribution in [0.25, 0.3) is 0 Å². The first-order valence-corrected chi connectivity index (χ1v) is 6.05. The van der Waals surface area contributed by atoms with Crippen LogP contribution in [0.2, 0.25) is 0 Å². The zero-order valence-corrected chi connectivity index (χ0v) is 10.3. The molecule has 1 aliphatic rings. The van der Waals surface area contributed by atoms with Crippen molar-refractivity contribution in [3.05, 3.63) is 29.6 Å². The van der Waals surface area contributed by atoms with Crippen LogP contribution >= 0.6 is 0 Å². The molecule has 1 aliphatic carbocycles. The average molecular weight is 252 g/mol. The molecular formula is C13H17FN2O2. The van der Waals surface area contributed by atoms with Crippen molar-refractivity contribution in [3.63, 3.8) is 0 Å². The van der Waals surface area contributed by atoms with Gasteiger partial charge in [0.1, 0.15) is 11.6 Å². The quantitative estimate of drug-likeness (QED) is 0.831. The number of nitrogens with one attached hydrogen (secondary N) is 1. The molecule has 1 aromatic carbocycles. The van der Waals surface area contributed by atoms with Gasteiger partial charge in [0.2, 0.25) is 0 Å². The van der Waals surface area contributed by atoms with Gasteiger partial charge in [0.25, 0.3) is 5.91 Å². The van der Waals surface area contributed by atoms with E-state index in [4.69, 9.17) is 10.5 Å². The number of benzene rings is 1. The predicted molar refractivity (Wildman–Crippen MR) is 65.5 cm³/mol. The van der Waals surface area contributed by atoms with Gasteiger partial charge in [-0.15, -0.1) is 0 Å². The predicted octanol–water partition coefficient (Wildman–Crippen LogP) is 1.33. The lowest BCUT2D eigenvalue weighted by Gasteiger charge is -2.15. The van der Waals surface area contributed by atoms with Gasteiger partial charge in [0, 0.05) is 18.7 Å². The smallest absolute Gasteiger partial charge is 0.260 e. The van der Waals surface area contributed by atoms with Crippen LogP contribution in [0.3, 0.4) is 0 Å². The van der Waals surface area contributed by atoms with Gasteiger partial charge in [-0.25, -0.2) is 4.39 Å². The molecule has 18 heavy (non-hydrogen) atoms. The van der Waals surface area contributed by atoms with E-state index in [1.807, 2.05) is 0 Å². The molecule has 0 bridgehead atoms. The number of hydrogen-bond acceptors (Lipinski definition) is 3. The Labute approximate surface area is 105 Å². The van der Waals surface area contributed by atoms with E-state index < -0.39 is 11.9 Å². The maximum absolute atomic E-state index is 13.3. The molecule has 5 heteroatoms. The molecule has 2 rings (SSSR count). The van der Waals surface area contributed by atoms with E-state index in [0.717, 1.165) is 12.8 Å². The molecule has 1 saturated carbocycles. The summed E-state index contributed by atoms with van der Waals surface area (Å²) in [6, 6.07) is 4.53. The number of halogens is 1. The summed E-state index contributed by atoms with van der Waals surface area (Å²) in [5, 5.41) is 2.83. The zero-order chi connectivity index (χ0) is 13.1. The second-order valence-electron chi connectivity index (χ2n) is 4.54. The van der Waals surface area contributed by atoms with Crippen LogP contribution in [0.15, 0.2) is 18.2 Å². The van der Waals surface area contributed by atoms with Crippen molar-refractivity contribution in [2.75, 3.05) is 0 Å². The van der Waals surface area contributed by atoms with E-state index in [0.29, 0.717) is 11.3 Å². The van der Waals surface area contributed by atoms with E-state index in [1.54, 1.807) is 13.0 Å². The van der Waals surface area contributed by atoms with Crippen LogP contribution in [0.5, 0.6) is 5.75 Å². The molecule has 1 atom stereocenters. The van der Waals surface area contributed by atoms with Crippen LogP contribution in [-0.4, -0.2) is 18.1 Å². The summed E-state index contributed by atoms with van der Waals surface area (Å²) in [4.78, 5) is 11.7. The van der Waals surface area contributed by atoms with Crippen molar-refractivity contribution in [1.29, 1.82) is 0 Å². The summed E-state index contributed by atoms with van der Waals surface area (Å²) >= 11 is 0. The molecule has 0 heterocycles. The molecule has 0 aromatic heterocycles. The molecule has 1 aromatic rings. The van der Waals surface area contributed by atoms with E-state index in [2.05, 4.69) is 5.32 Å². The van der Waals surface area contributed by atoms with Crippen LogP contribution in [0.1, 0.15) is 25.3 Å². The van der Waals surface area contributed by atoms with Gasteiger partial charge in [0.05, 0.1) is 0 Å². The number of hydrogen-bond donors (Lipinski definition) is 2. The number of carbonyl (C=O) groups excluding carboxylic acids is 1. The fourth-order valence-corrected chi connectivity index (χ4v) is 1.61. The molecule has 1 fully saturated rings. The largest absolute Gasteiger partial charge is 0.481 e. The molecule has 0 aliphatic heterocycles. The second kappa shape index (κ2) is 5.35. The number of carbonyl (C=O) groups is 1. The lowest BCUT2D eigenvalue weighted by molar-refractivity contribution is -0.127. The van der Waals surface area contributed by atoms with E-state index in [-0.39, 0.29) is 18.5 Å². The summed E-state index contributed by atoms with van der Waals surface area (Å²) in [7, 11) is 0. The number of amides is 1. The van der Waals surface area contributed by atoms with Crippen LogP contribution in [-0.2, 0) is 11.3 Å². The Morgan fingerprint density at radius 1 is 1.56 bits per heavy atom. The summed E-state index contributed by atoms with van der Waals surface area (Å²) in [6.07, 6.45) is 1.41. The monoisotopic (exact) mass is 252 g/mol. The number of rotatable bonds is 5. The van der Waals surface area contributed by atoms with Crippen molar-refractivity contribution < 1.29 is 13.9 Å². The van der Waals surface area contributed by atoms with Crippen molar-refractivity contribution in [2.24, 2.45) is 5.73 Å². The maximum atomic E-state index is 13.3. The van der Waals surface area contributed by atoms with Crippen molar-refractivity contribution in [2.45, 2.75) is 38.5 Å². The highest BCUT2D eigenvalue weighted by Crippen LogP contribution is 2.20. The number of nitrogens with two attached hydrogens (primary N) is 1. The molecule has 1 amide bonds. The fraction of sp³-hybridized carbons (Fsp3) is 0.462. The van der Waals surface area contributed by atoms with Gasteiger partial charge in [-0.2, -0.15) is 0 Å². The normalized spacial score (nSPS) is 16.2. The topological polar surface area (TPSA) is 64.3 Å². The van der Waals surface area contributed by atoms with E-state index in [9.17, 15) is 9.18 Å². The van der Waals surface area contributed by atoms with Crippen LogP contribution < -0.4 is 15.8 Å². The van der Waals surface area contributed by atoms with Crippen molar-refractivity contribution >= 4 is 5.91 Å². The zero-order valence-electron chi connectivity index (χ0n) is 10.3. The first-order chi connectivity index (χ1) is 8.58. The minimum absolute atomic E-state index is 0.170. The van der Waals surface area contributed by atoms with Gasteiger partial charge >= 0.3 is 0 Å². The third kappa shape index (κ3) is 3.43. The highest BCUT2D eigenvalue weighted by Gasteiger charge is 2.26. The molecule has 4 nitrogen and oxygen atoms in total. The third-order valence-electron chi connectivity index (χ3n) is 2.77. The summed E-state index contributed by atoms with van der Waals surface area (Å²) < 4.78 is 18.7. The van der Waals surface area contributed by atoms with Gasteiger partial charge in [-0.05, 0) is 37.5 Å². The second-order valence-corrected chi connectivity index (χ2v) is 4.54. The van der Waals surface area contributed by atoms with Crippen LogP contribution in [0.4, 0.5) is 4.39 Å².